The van der Waals surface area contributed by atoms with Crippen LogP contribution in [0.3, 0.4) is 0 Å². The molecule has 0 aliphatic heterocycles. The van der Waals surface area contributed by atoms with Gasteiger partial charge in [-0.15, -0.1) is 0 Å². The van der Waals surface area contributed by atoms with Crippen molar-refractivity contribution in [2.45, 2.75) is 40.5 Å². The molecule has 0 fully saturated rings. The first kappa shape index (κ1) is 13.1. The van der Waals surface area contributed by atoms with Gasteiger partial charge in [0.15, 0.2) is 0 Å². The predicted octanol–water partition coefficient (Wildman–Crippen LogP) is -2.49. The molecule has 0 saturated heterocycles. The van der Waals surface area contributed by atoms with Crippen LogP contribution >= 0.6 is 0 Å². The van der Waals surface area contributed by atoms with Gasteiger partial charge in [-0.25, -0.2) is 0 Å². The molecule has 2 heteroatoms. The fourth-order valence-corrected chi connectivity index (χ4v) is 7.15. The molecule has 2 aliphatic carbocycles. The zero-order chi connectivity index (χ0) is 11.4. The second kappa shape index (κ2) is 6.57. The van der Waals surface area contributed by atoms with E-state index >= 15 is 0 Å². The maximum atomic E-state index is 2.58. The molecular weight excluding hydrogens is 422 g/mol. The molecule has 2 unspecified atom stereocenters. The second-order valence-electron chi connectivity index (χ2n) is 4.40. The summed E-state index contributed by atoms with van der Waals surface area (Å²) in [6.45, 7) is 2.21. The molecule has 0 amide bonds. The van der Waals surface area contributed by atoms with Gasteiger partial charge in [0.2, 0.25) is 0 Å². The Morgan fingerprint density at radius 3 is 2.69 bits per heavy atom. The molecule has 0 bridgehead atoms. The van der Waals surface area contributed by atoms with Crippen molar-refractivity contribution < 1.29 is 42.4 Å². The predicted molar refractivity (Wildman–Crippen MR) is 62.9 cm³/mol. The van der Waals surface area contributed by atoms with E-state index in [0.717, 1.165) is 7.85 Å². The Morgan fingerprint density at radius 2 is 2.12 bits per heavy atom. The zero-order valence-corrected chi connectivity index (χ0v) is 14.4. The van der Waals surface area contributed by atoms with Gasteiger partial charge in [0.25, 0.3) is 0 Å². The average molecular weight is 442 g/mol. The van der Waals surface area contributed by atoms with Crippen molar-refractivity contribution in [2.75, 3.05) is 4.93 Å². The van der Waals surface area contributed by atoms with E-state index in [4.69, 9.17) is 0 Å². The first-order valence-electron chi connectivity index (χ1n) is 5.93. The SMILES string of the molecule is C[I-]C1=CCC([I-]C2C=CC(C)=CC2)CC1. The normalized spacial score (nSPS) is 30.4. The minimum absolute atomic E-state index is 0.375. The molecule has 2 atom stereocenters. The summed E-state index contributed by atoms with van der Waals surface area (Å²) in [7, 11) is 0. The third kappa shape index (κ3) is 3.86. The third-order valence-corrected chi connectivity index (χ3v) is 9.47. The van der Waals surface area contributed by atoms with Crippen LogP contribution in [0.4, 0.5) is 0 Å². The summed E-state index contributed by atoms with van der Waals surface area (Å²) in [6.07, 6.45) is 15.5. The molecule has 0 N–H and O–H groups in total. The van der Waals surface area contributed by atoms with Gasteiger partial charge in [0, 0.05) is 0 Å². The Hall–Kier alpha value is 0.680. The van der Waals surface area contributed by atoms with Crippen molar-refractivity contribution in [3.63, 3.8) is 0 Å². The second-order valence-corrected chi connectivity index (χ2v) is 10.9. The first-order chi connectivity index (χ1) is 7.78. The Kier molecular flexibility index (Phi) is 5.39. The fraction of sp³-hybridized carbons (Fsp3) is 0.571. The molecule has 0 spiro atoms. The van der Waals surface area contributed by atoms with Gasteiger partial charge in [-0.3, -0.25) is 0 Å². The van der Waals surface area contributed by atoms with Crippen molar-refractivity contribution in [3.05, 3.63) is 33.5 Å². The molecule has 0 radical (unpaired) electrons. The Labute approximate surface area is 120 Å². The average Bonchev–Trinajstić information content (AvgIpc) is 2.33. The van der Waals surface area contributed by atoms with Crippen LogP contribution in [0, 0.1) is 0 Å². The van der Waals surface area contributed by atoms with Crippen LogP contribution in [0.25, 0.3) is 0 Å². The van der Waals surface area contributed by atoms with Gasteiger partial charge in [-0.2, -0.15) is 0 Å². The van der Waals surface area contributed by atoms with Gasteiger partial charge >= 0.3 is 121 Å². The van der Waals surface area contributed by atoms with Crippen molar-refractivity contribution in [1.29, 1.82) is 0 Å². The van der Waals surface area contributed by atoms with E-state index < -0.39 is 0 Å². The summed E-state index contributed by atoms with van der Waals surface area (Å²) in [5, 5.41) is 0. The fourth-order valence-electron chi connectivity index (χ4n) is 2.08. The summed E-state index contributed by atoms with van der Waals surface area (Å²) >= 11 is 0.765. The van der Waals surface area contributed by atoms with Crippen LogP contribution in [0.15, 0.2) is 33.5 Å². The molecule has 16 heavy (non-hydrogen) atoms. The number of halogens is 2. The molecule has 0 aromatic carbocycles. The van der Waals surface area contributed by atoms with Gasteiger partial charge in [-0.05, 0) is 0 Å². The summed E-state index contributed by atoms with van der Waals surface area (Å²) in [5.74, 6) is 0. The van der Waals surface area contributed by atoms with E-state index in [-0.39, 0.29) is 0 Å². The molecule has 0 saturated carbocycles. The number of hydrogen-bond donors (Lipinski definition) is 0. The van der Waals surface area contributed by atoms with Crippen molar-refractivity contribution in [3.8, 4) is 0 Å². The maximum absolute atomic E-state index is 2.58. The van der Waals surface area contributed by atoms with Gasteiger partial charge in [-0.1, -0.05) is 0 Å². The Morgan fingerprint density at radius 1 is 1.25 bits per heavy atom. The van der Waals surface area contributed by atoms with Crippen LogP contribution in [0.5, 0.6) is 0 Å². The van der Waals surface area contributed by atoms with Crippen LogP contribution in [-0.2, 0) is 0 Å². The Balaban J connectivity index is 1.80. The van der Waals surface area contributed by atoms with E-state index in [1.165, 1.54) is 31.3 Å². The molecule has 0 nitrogen and oxygen atoms in total. The Bertz CT molecular complexity index is 326. The van der Waals surface area contributed by atoms with Crippen LogP contribution in [0.1, 0.15) is 32.6 Å². The summed E-state index contributed by atoms with van der Waals surface area (Å²) in [4.78, 5) is 2.40. The molecule has 92 valence electrons. The molecular formula is C14H20I2-2. The van der Waals surface area contributed by atoms with E-state index in [0.29, 0.717) is 42.4 Å². The standard InChI is InChI=1S/C14H20I2/c1-11-3-5-13(6-4-11)16-14-9-7-12(15-2)8-10-14/h3-5,7,13-14H,6,8-10H2,1-2H3/q-2. The number of allylic oxidation sites excluding steroid dienone is 6. The molecule has 0 aromatic rings. The molecule has 2 rings (SSSR count). The van der Waals surface area contributed by atoms with Gasteiger partial charge in [0.1, 0.15) is 0 Å². The quantitative estimate of drug-likeness (QED) is 0.336. The molecule has 0 aromatic heterocycles. The summed E-state index contributed by atoms with van der Waals surface area (Å²) in [6, 6.07) is 0. The van der Waals surface area contributed by atoms with E-state index in [1.807, 2.05) is 3.58 Å². The van der Waals surface area contributed by atoms with Crippen LogP contribution < -0.4 is 42.4 Å². The number of hydrogen-bond acceptors (Lipinski definition) is 0. The first-order valence-corrected chi connectivity index (χ1v) is 11.7. The number of rotatable bonds is 3. The van der Waals surface area contributed by atoms with Crippen LogP contribution in [0.2, 0.25) is 0 Å². The van der Waals surface area contributed by atoms with Crippen molar-refractivity contribution in [2.24, 2.45) is 0 Å². The van der Waals surface area contributed by atoms with Gasteiger partial charge in [0.05, 0.1) is 0 Å². The summed E-state index contributed by atoms with van der Waals surface area (Å²) in [5.41, 5.74) is 1.46. The van der Waals surface area contributed by atoms with E-state index in [2.05, 4.69) is 36.2 Å². The number of alkyl halides is 3. The molecule has 2 aliphatic rings. The van der Waals surface area contributed by atoms with Crippen molar-refractivity contribution >= 4 is 0 Å². The van der Waals surface area contributed by atoms with Gasteiger partial charge < -0.3 is 0 Å². The van der Waals surface area contributed by atoms with E-state index in [9.17, 15) is 0 Å². The summed E-state index contributed by atoms with van der Waals surface area (Å²) < 4.78 is 3.81. The van der Waals surface area contributed by atoms with Crippen LogP contribution in [-0.4, -0.2) is 12.8 Å². The molecule has 0 heterocycles. The third-order valence-electron chi connectivity index (χ3n) is 3.11. The zero-order valence-electron chi connectivity index (χ0n) is 10.0. The topological polar surface area (TPSA) is 0 Å². The van der Waals surface area contributed by atoms with Crippen molar-refractivity contribution in [1.82, 2.24) is 0 Å². The minimum atomic E-state index is 0.375. The van der Waals surface area contributed by atoms with E-state index in [1.54, 1.807) is 0 Å². The monoisotopic (exact) mass is 442 g/mol.